The Hall–Kier alpha value is -2.95. The standard InChI is InChI=1S/C15H12N2O3/c18-13-4-2-1-3-12(13)17-11(7-8-16-17)10-5-6-14(19)15(20)9-10/h1-9,18-20H. The van der Waals surface area contributed by atoms with Gasteiger partial charge in [-0.15, -0.1) is 0 Å². The summed E-state index contributed by atoms with van der Waals surface area (Å²) in [6.07, 6.45) is 1.60. The van der Waals surface area contributed by atoms with E-state index in [9.17, 15) is 15.3 Å². The molecule has 5 heteroatoms. The summed E-state index contributed by atoms with van der Waals surface area (Å²) in [7, 11) is 0. The first-order chi connectivity index (χ1) is 9.66. The summed E-state index contributed by atoms with van der Waals surface area (Å²) in [6, 6.07) is 13.1. The molecule has 1 heterocycles. The van der Waals surface area contributed by atoms with Crippen molar-refractivity contribution in [2.24, 2.45) is 0 Å². The third-order valence-corrected chi connectivity index (χ3v) is 3.02. The maximum atomic E-state index is 9.90. The molecular formula is C15H12N2O3. The molecule has 3 aromatic rings. The molecule has 0 saturated heterocycles. The summed E-state index contributed by atoms with van der Waals surface area (Å²) in [5.74, 6) is -0.268. The van der Waals surface area contributed by atoms with E-state index in [1.54, 1.807) is 47.3 Å². The van der Waals surface area contributed by atoms with Crippen LogP contribution < -0.4 is 0 Å². The first kappa shape index (κ1) is 12.1. The Morgan fingerprint density at radius 2 is 1.60 bits per heavy atom. The topological polar surface area (TPSA) is 78.5 Å². The van der Waals surface area contributed by atoms with Crippen LogP contribution in [0.2, 0.25) is 0 Å². The Labute approximate surface area is 115 Å². The van der Waals surface area contributed by atoms with E-state index in [0.717, 1.165) is 0 Å². The van der Waals surface area contributed by atoms with Gasteiger partial charge in [-0.05, 0) is 36.4 Å². The van der Waals surface area contributed by atoms with Gasteiger partial charge in [-0.3, -0.25) is 0 Å². The molecule has 0 unspecified atom stereocenters. The number of rotatable bonds is 2. The van der Waals surface area contributed by atoms with Gasteiger partial charge in [0.1, 0.15) is 11.4 Å². The number of aromatic hydroxyl groups is 3. The van der Waals surface area contributed by atoms with Crippen molar-refractivity contribution < 1.29 is 15.3 Å². The number of hydrogen-bond acceptors (Lipinski definition) is 4. The summed E-state index contributed by atoms with van der Waals surface area (Å²) >= 11 is 0. The number of hydrogen-bond donors (Lipinski definition) is 3. The minimum Gasteiger partial charge on any atom is -0.506 e. The summed E-state index contributed by atoms with van der Waals surface area (Å²) in [5.41, 5.74) is 1.92. The van der Waals surface area contributed by atoms with Crippen molar-refractivity contribution in [3.63, 3.8) is 0 Å². The zero-order valence-electron chi connectivity index (χ0n) is 10.4. The molecule has 0 atom stereocenters. The van der Waals surface area contributed by atoms with Crippen molar-refractivity contribution in [2.45, 2.75) is 0 Å². The molecule has 0 radical (unpaired) electrons. The highest BCUT2D eigenvalue weighted by atomic mass is 16.3. The van der Waals surface area contributed by atoms with Crippen molar-refractivity contribution >= 4 is 0 Å². The van der Waals surface area contributed by atoms with Crippen molar-refractivity contribution in [1.82, 2.24) is 9.78 Å². The van der Waals surface area contributed by atoms with E-state index < -0.39 is 0 Å². The first-order valence-corrected chi connectivity index (χ1v) is 6.01. The molecule has 0 spiro atoms. The van der Waals surface area contributed by atoms with Crippen LogP contribution in [0.15, 0.2) is 54.7 Å². The van der Waals surface area contributed by atoms with Crippen LogP contribution in [0.1, 0.15) is 0 Å². The lowest BCUT2D eigenvalue weighted by Gasteiger charge is -2.09. The fraction of sp³-hybridized carbons (Fsp3) is 0. The maximum absolute atomic E-state index is 9.90. The third kappa shape index (κ3) is 1.95. The Kier molecular flexibility index (Phi) is 2.80. The van der Waals surface area contributed by atoms with Crippen molar-refractivity contribution in [1.29, 1.82) is 0 Å². The Bertz CT molecular complexity index is 765. The lowest BCUT2D eigenvalue weighted by molar-refractivity contribution is 0.404. The summed E-state index contributed by atoms with van der Waals surface area (Å²) in [6.45, 7) is 0. The second-order valence-electron chi connectivity index (χ2n) is 4.32. The highest BCUT2D eigenvalue weighted by molar-refractivity contribution is 5.66. The molecule has 3 rings (SSSR count). The quantitative estimate of drug-likeness (QED) is 0.624. The highest BCUT2D eigenvalue weighted by Crippen LogP contribution is 2.32. The van der Waals surface area contributed by atoms with Gasteiger partial charge in [0, 0.05) is 5.56 Å². The van der Waals surface area contributed by atoms with Crippen LogP contribution in [-0.2, 0) is 0 Å². The van der Waals surface area contributed by atoms with E-state index in [4.69, 9.17) is 0 Å². The van der Waals surface area contributed by atoms with Crippen LogP contribution in [0.25, 0.3) is 16.9 Å². The monoisotopic (exact) mass is 268 g/mol. The summed E-state index contributed by atoms with van der Waals surface area (Å²) < 4.78 is 1.57. The van der Waals surface area contributed by atoms with E-state index in [1.807, 2.05) is 0 Å². The van der Waals surface area contributed by atoms with E-state index in [2.05, 4.69) is 5.10 Å². The number of nitrogens with zero attached hydrogens (tertiary/aromatic N) is 2. The van der Waals surface area contributed by atoms with E-state index >= 15 is 0 Å². The molecule has 1 aromatic heterocycles. The Morgan fingerprint density at radius 3 is 2.35 bits per heavy atom. The minimum atomic E-state index is -0.201. The van der Waals surface area contributed by atoms with Crippen LogP contribution >= 0.6 is 0 Å². The van der Waals surface area contributed by atoms with E-state index in [0.29, 0.717) is 16.9 Å². The molecule has 0 fully saturated rings. The third-order valence-electron chi connectivity index (χ3n) is 3.02. The molecule has 0 aliphatic carbocycles. The van der Waals surface area contributed by atoms with Gasteiger partial charge >= 0.3 is 0 Å². The van der Waals surface area contributed by atoms with Crippen LogP contribution in [-0.4, -0.2) is 25.1 Å². The largest absolute Gasteiger partial charge is 0.506 e. The van der Waals surface area contributed by atoms with Gasteiger partial charge in [0.05, 0.1) is 11.9 Å². The van der Waals surface area contributed by atoms with Crippen LogP contribution in [0.4, 0.5) is 0 Å². The van der Waals surface area contributed by atoms with Crippen molar-refractivity contribution in [3.05, 3.63) is 54.7 Å². The second-order valence-corrected chi connectivity index (χ2v) is 4.32. The van der Waals surface area contributed by atoms with E-state index in [-0.39, 0.29) is 17.2 Å². The molecular weight excluding hydrogens is 256 g/mol. The Balaban J connectivity index is 2.15. The molecule has 0 saturated carbocycles. The molecule has 0 bridgehead atoms. The predicted molar refractivity (Wildman–Crippen MR) is 74.0 cm³/mol. The highest BCUT2D eigenvalue weighted by Gasteiger charge is 2.11. The molecule has 100 valence electrons. The van der Waals surface area contributed by atoms with Crippen molar-refractivity contribution in [2.75, 3.05) is 0 Å². The lowest BCUT2D eigenvalue weighted by atomic mass is 10.1. The van der Waals surface area contributed by atoms with E-state index in [1.165, 1.54) is 12.1 Å². The zero-order chi connectivity index (χ0) is 14.1. The number of phenols is 3. The normalized spacial score (nSPS) is 10.6. The lowest BCUT2D eigenvalue weighted by Crippen LogP contribution is -1.99. The smallest absolute Gasteiger partial charge is 0.158 e. The molecule has 0 aliphatic heterocycles. The maximum Gasteiger partial charge on any atom is 0.158 e. The summed E-state index contributed by atoms with van der Waals surface area (Å²) in [4.78, 5) is 0. The fourth-order valence-electron chi connectivity index (χ4n) is 2.04. The number of benzene rings is 2. The zero-order valence-corrected chi connectivity index (χ0v) is 10.4. The second kappa shape index (κ2) is 4.62. The molecule has 2 aromatic carbocycles. The fourth-order valence-corrected chi connectivity index (χ4v) is 2.04. The molecule has 0 aliphatic rings. The predicted octanol–water partition coefficient (Wildman–Crippen LogP) is 2.66. The van der Waals surface area contributed by atoms with Gasteiger partial charge in [0.2, 0.25) is 0 Å². The van der Waals surface area contributed by atoms with Crippen LogP contribution in [0, 0.1) is 0 Å². The Morgan fingerprint density at radius 1 is 0.800 bits per heavy atom. The van der Waals surface area contributed by atoms with Gasteiger partial charge < -0.3 is 15.3 Å². The van der Waals surface area contributed by atoms with Gasteiger partial charge in [0.15, 0.2) is 11.5 Å². The molecule has 0 amide bonds. The number of aromatic nitrogens is 2. The van der Waals surface area contributed by atoms with Crippen LogP contribution in [0.3, 0.4) is 0 Å². The van der Waals surface area contributed by atoms with Gasteiger partial charge in [-0.1, -0.05) is 12.1 Å². The average Bonchev–Trinajstić information content (AvgIpc) is 2.91. The molecule has 5 nitrogen and oxygen atoms in total. The average molecular weight is 268 g/mol. The first-order valence-electron chi connectivity index (χ1n) is 6.01. The van der Waals surface area contributed by atoms with Gasteiger partial charge in [-0.25, -0.2) is 4.68 Å². The minimum absolute atomic E-state index is 0.112. The summed E-state index contributed by atoms with van der Waals surface area (Å²) in [5, 5.41) is 33.0. The van der Waals surface area contributed by atoms with Gasteiger partial charge in [0.25, 0.3) is 0 Å². The molecule has 20 heavy (non-hydrogen) atoms. The SMILES string of the molecule is Oc1ccc(-c2ccnn2-c2ccccc2O)cc1O. The van der Waals surface area contributed by atoms with Crippen molar-refractivity contribution in [3.8, 4) is 34.2 Å². The molecule has 3 N–H and O–H groups in total. The number of phenolic OH excluding ortho intramolecular Hbond substituents is 3. The van der Waals surface area contributed by atoms with Crippen LogP contribution in [0.5, 0.6) is 17.2 Å². The number of para-hydroxylation sites is 2. The van der Waals surface area contributed by atoms with Gasteiger partial charge in [-0.2, -0.15) is 5.10 Å².